The number of nitrogens with one attached hydrogen (secondary N) is 3. The highest BCUT2D eigenvalue weighted by Crippen LogP contribution is 2.40. The zero-order chi connectivity index (χ0) is 29.3. The molecule has 0 unspecified atom stereocenters. The fourth-order valence-electron chi connectivity index (χ4n) is 5.65. The molecule has 5 rings (SSSR count). The topological polar surface area (TPSA) is 82.3 Å². The number of ether oxygens (including phenoxy) is 1. The molecule has 1 aliphatic heterocycles. The van der Waals surface area contributed by atoms with E-state index in [0.717, 1.165) is 64.7 Å². The Balaban J connectivity index is 1.52. The van der Waals surface area contributed by atoms with Gasteiger partial charge in [-0.15, -0.1) is 0 Å². The maximum absolute atomic E-state index is 13.6. The van der Waals surface area contributed by atoms with Crippen molar-refractivity contribution in [1.29, 1.82) is 0 Å². The van der Waals surface area contributed by atoms with Crippen molar-refractivity contribution in [2.24, 2.45) is 0 Å². The quantitative estimate of drug-likeness (QED) is 0.156. The third-order valence-corrected chi connectivity index (χ3v) is 11.6. The number of hydrogen-bond acceptors (Lipinski definition) is 6. The van der Waals surface area contributed by atoms with E-state index in [9.17, 15) is 4.21 Å². The van der Waals surface area contributed by atoms with Crippen molar-refractivity contribution in [1.82, 2.24) is 14.9 Å². The van der Waals surface area contributed by atoms with Crippen LogP contribution in [0.1, 0.15) is 57.6 Å². The number of aromatic nitrogens is 2. The molecule has 1 aliphatic rings. The number of para-hydroxylation sites is 1. The first kappa shape index (κ1) is 29.1. The molecular formula is C33H45N5O2S. The van der Waals surface area contributed by atoms with E-state index in [2.05, 4.69) is 60.5 Å². The van der Waals surface area contributed by atoms with Crippen molar-refractivity contribution in [3.05, 3.63) is 65.9 Å². The van der Waals surface area contributed by atoms with Gasteiger partial charge in [-0.3, -0.25) is 4.21 Å². The first-order chi connectivity index (χ1) is 19.5. The van der Waals surface area contributed by atoms with Crippen molar-refractivity contribution in [3.8, 4) is 5.75 Å². The molecule has 0 amide bonds. The van der Waals surface area contributed by atoms with Gasteiger partial charge in [-0.25, -0.2) is 4.98 Å². The molecule has 7 nitrogen and oxygen atoms in total. The third-order valence-electron chi connectivity index (χ3n) is 8.32. The SMILES string of the molecule is Cc1cc(Nc2cc(Nc3ccccc3[SH](C)(=O)C(C)C)nc3[nH]ccc23)c(OC(C)C)cc1C1CCN(C)CC1. The molecule has 1 saturated heterocycles. The number of aromatic amines is 1. The first-order valence-electron chi connectivity index (χ1n) is 14.7. The molecule has 41 heavy (non-hydrogen) atoms. The van der Waals surface area contributed by atoms with Gasteiger partial charge >= 0.3 is 0 Å². The molecule has 0 saturated carbocycles. The number of anilines is 4. The molecule has 0 aliphatic carbocycles. The average Bonchev–Trinajstić information content (AvgIpc) is 3.40. The lowest BCUT2D eigenvalue weighted by molar-refractivity contribution is 0.241. The predicted octanol–water partition coefficient (Wildman–Crippen LogP) is 7.37. The molecule has 1 fully saturated rings. The van der Waals surface area contributed by atoms with Crippen molar-refractivity contribution in [2.75, 3.05) is 37.0 Å². The van der Waals surface area contributed by atoms with Crippen LogP contribution in [0.2, 0.25) is 0 Å². The highest BCUT2D eigenvalue weighted by Gasteiger charge is 2.23. The summed E-state index contributed by atoms with van der Waals surface area (Å²) in [5.41, 5.74) is 6.10. The lowest BCUT2D eigenvalue weighted by atomic mass is 9.86. The molecule has 220 valence electrons. The van der Waals surface area contributed by atoms with E-state index in [0.29, 0.717) is 11.7 Å². The summed E-state index contributed by atoms with van der Waals surface area (Å²) in [5.74, 6) is 2.08. The van der Waals surface area contributed by atoms with E-state index < -0.39 is 9.93 Å². The van der Waals surface area contributed by atoms with Crippen LogP contribution in [0.5, 0.6) is 5.75 Å². The minimum Gasteiger partial charge on any atom is -0.489 e. The van der Waals surface area contributed by atoms with Gasteiger partial charge in [-0.2, -0.15) is 0 Å². The summed E-state index contributed by atoms with van der Waals surface area (Å²) >= 11 is 0. The third kappa shape index (κ3) is 6.28. The number of rotatable bonds is 9. The predicted molar refractivity (Wildman–Crippen MR) is 174 cm³/mol. The Morgan fingerprint density at radius 3 is 2.44 bits per heavy atom. The number of hydrogen-bond donors (Lipinski definition) is 4. The van der Waals surface area contributed by atoms with E-state index in [1.807, 2.05) is 62.7 Å². The van der Waals surface area contributed by atoms with Gasteiger partial charge < -0.3 is 25.3 Å². The maximum atomic E-state index is 13.6. The van der Waals surface area contributed by atoms with E-state index >= 15 is 0 Å². The molecule has 0 bridgehead atoms. The minimum atomic E-state index is -2.57. The van der Waals surface area contributed by atoms with Gasteiger partial charge in [0.25, 0.3) is 0 Å². The Morgan fingerprint density at radius 2 is 1.73 bits per heavy atom. The molecule has 3 N–H and O–H groups in total. The fourth-order valence-corrected chi connectivity index (χ4v) is 7.19. The molecule has 0 atom stereocenters. The van der Waals surface area contributed by atoms with Gasteiger partial charge in [0.05, 0.1) is 23.2 Å². The Hall–Kier alpha value is -3.36. The summed E-state index contributed by atoms with van der Waals surface area (Å²) in [5, 5.41) is 8.19. The Labute approximate surface area is 245 Å². The van der Waals surface area contributed by atoms with Crippen LogP contribution in [-0.2, 0) is 9.93 Å². The monoisotopic (exact) mass is 575 g/mol. The molecule has 0 radical (unpaired) electrons. The van der Waals surface area contributed by atoms with Gasteiger partial charge in [-0.1, -0.05) is 35.9 Å². The number of nitrogens with zero attached hydrogens (tertiary/aromatic N) is 2. The number of thiol groups is 1. The van der Waals surface area contributed by atoms with Gasteiger partial charge in [0, 0.05) is 27.8 Å². The van der Waals surface area contributed by atoms with Crippen molar-refractivity contribution in [2.45, 2.75) is 69.6 Å². The molecule has 4 aromatic rings. The number of piperidine rings is 1. The van der Waals surface area contributed by atoms with Crippen LogP contribution in [0.25, 0.3) is 11.0 Å². The number of benzene rings is 2. The fraction of sp³-hybridized carbons (Fsp3) is 0.424. The zero-order valence-corrected chi connectivity index (χ0v) is 26.3. The molecule has 2 aromatic heterocycles. The standard InChI is InChI=1S/C33H45N5O2S/c1-21(2)40-30-19-26(24-13-16-38(6)17-14-24)23(5)18-29(30)35-28-20-32(37-33-25(28)12-15-34-33)36-27-10-8-9-11-31(27)41(7,39)22(3)4/h8-12,15,18-22,24,41H,13-14,16-17H2,1-7H3,(H3,34,35,36,37). The lowest BCUT2D eigenvalue weighted by Crippen LogP contribution is -2.29. The van der Waals surface area contributed by atoms with Crippen LogP contribution in [0, 0.1) is 6.92 Å². The molecule has 2 aromatic carbocycles. The number of H-pyrrole nitrogens is 1. The minimum absolute atomic E-state index is 0.0432. The van der Waals surface area contributed by atoms with E-state index in [1.165, 1.54) is 11.1 Å². The molecule has 8 heteroatoms. The van der Waals surface area contributed by atoms with Crippen LogP contribution < -0.4 is 15.4 Å². The summed E-state index contributed by atoms with van der Waals surface area (Å²) in [6.07, 6.45) is 6.14. The van der Waals surface area contributed by atoms with Crippen LogP contribution in [0.15, 0.2) is 59.6 Å². The second-order valence-corrected chi connectivity index (χ2v) is 15.6. The highest BCUT2D eigenvalue weighted by atomic mass is 32.2. The summed E-state index contributed by atoms with van der Waals surface area (Å²) < 4.78 is 20.0. The summed E-state index contributed by atoms with van der Waals surface area (Å²) in [7, 11) is -0.372. The Kier molecular flexibility index (Phi) is 8.43. The second-order valence-electron chi connectivity index (χ2n) is 12.1. The average molecular weight is 576 g/mol. The smallest absolute Gasteiger partial charge is 0.143 e. The van der Waals surface area contributed by atoms with Crippen LogP contribution in [-0.4, -0.2) is 56.8 Å². The van der Waals surface area contributed by atoms with E-state index in [4.69, 9.17) is 9.72 Å². The largest absolute Gasteiger partial charge is 0.489 e. The highest BCUT2D eigenvalue weighted by molar-refractivity contribution is 8.03. The Morgan fingerprint density at radius 1 is 1.00 bits per heavy atom. The van der Waals surface area contributed by atoms with Gasteiger partial charge in [0.15, 0.2) is 0 Å². The van der Waals surface area contributed by atoms with Crippen molar-refractivity contribution in [3.63, 3.8) is 0 Å². The number of pyridine rings is 1. The first-order valence-corrected chi connectivity index (χ1v) is 16.9. The van der Waals surface area contributed by atoms with Crippen LogP contribution in [0.3, 0.4) is 0 Å². The summed E-state index contributed by atoms with van der Waals surface area (Å²) in [4.78, 5) is 11.4. The summed E-state index contributed by atoms with van der Waals surface area (Å²) in [6.45, 7) is 12.6. The molecule has 3 heterocycles. The number of aryl methyl sites for hydroxylation is 1. The zero-order valence-electron chi connectivity index (χ0n) is 25.4. The molecule has 0 spiro atoms. The Bertz CT molecular complexity index is 1570. The normalized spacial score (nSPS) is 15.5. The van der Waals surface area contributed by atoms with Crippen molar-refractivity contribution >= 4 is 43.8 Å². The van der Waals surface area contributed by atoms with Crippen molar-refractivity contribution < 1.29 is 8.95 Å². The maximum Gasteiger partial charge on any atom is 0.143 e. The number of fused-ring (bicyclic) bond motifs is 1. The second kappa shape index (κ2) is 11.9. The van der Waals surface area contributed by atoms with E-state index in [1.54, 1.807) is 0 Å². The van der Waals surface area contributed by atoms with E-state index in [-0.39, 0.29) is 11.4 Å². The lowest BCUT2D eigenvalue weighted by Gasteiger charge is -2.31. The molecular weight excluding hydrogens is 530 g/mol. The van der Waals surface area contributed by atoms with Gasteiger partial charge in [0.1, 0.15) is 17.2 Å². The van der Waals surface area contributed by atoms with Gasteiger partial charge in [-0.05, 0) is 107 Å². The van der Waals surface area contributed by atoms with Gasteiger partial charge in [0.2, 0.25) is 0 Å². The summed E-state index contributed by atoms with van der Waals surface area (Å²) in [6, 6.07) is 16.4. The van der Waals surface area contributed by atoms with Crippen LogP contribution >= 0.6 is 0 Å². The van der Waals surface area contributed by atoms with Crippen LogP contribution in [0.4, 0.5) is 22.9 Å². The number of likely N-dealkylation sites (tertiary alicyclic amines) is 1.